The average Bonchev–Trinajstić information content (AvgIpc) is 2.40. The number of H-pyrrole nitrogens is 1. The van der Waals surface area contributed by atoms with E-state index in [1.807, 2.05) is 0 Å². The number of rotatable bonds is 2. The van der Waals surface area contributed by atoms with Crippen molar-refractivity contribution in [2.45, 2.75) is 10.9 Å². The van der Waals surface area contributed by atoms with Crippen LogP contribution < -0.4 is 10.6 Å². The van der Waals surface area contributed by atoms with E-state index in [4.69, 9.17) is 16.7 Å². The summed E-state index contributed by atoms with van der Waals surface area (Å²) >= 11 is 5.63. The SMILES string of the molecule is NS(=O)(=O)C1(c2c[nH]cc(Cl)c2=O)C=CC(C(F)(F)F)=NC1. The van der Waals surface area contributed by atoms with Crippen molar-refractivity contribution in [1.29, 1.82) is 0 Å². The largest absolute Gasteiger partial charge is 0.432 e. The monoisotopic (exact) mass is 355 g/mol. The van der Waals surface area contributed by atoms with E-state index >= 15 is 0 Å². The smallest absolute Gasteiger partial charge is 0.366 e. The number of primary sulfonamides is 1. The van der Waals surface area contributed by atoms with Gasteiger partial charge in [0, 0.05) is 18.0 Å². The van der Waals surface area contributed by atoms with Gasteiger partial charge in [-0.05, 0) is 6.08 Å². The predicted molar refractivity (Wildman–Crippen MR) is 74.4 cm³/mol. The summed E-state index contributed by atoms with van der Waals surface area (Å²) in [5, 5.41) is 4.81. The van der Waals surface area contributed by atoms with Gasteiger partial charge >= 0.3 is 6.18 Å². The molecule has 0 saturated carbocycles. The van der Waals surface area contributed by atoms with Crippen molar-refractivity contribution >= 4 is 27.3 Å². The van der Waals surface area contributed by atoms with Crippen LogP contribution in [0.25, 0.3) is 0 Å². The summed E-state index contributed by atoms with van der Waals surface area (Å²) in [6.07, 6.45) is -1.41. The Bertz CT molecular complexity index is 829. The minimum Gasteiger partial charge on any atom is -0.366 e. The average molecular weight is 356 g/mol. The first-order valence-electron chi connectivity index (χ1n) is 5.69. The molecule has 0 aliphatic carbocycles. The Morgan fingerprint density at radius 1 is 1.36 bits per heavy atom. The van der Waals surface area contributed by atoms with Crippen molar-refractivity contribution in [3.63, 3.8) is 0 Å². The third-order valence-corrected chi connectivity index (χ3v) is 4.93. The number of halogens is 4. The second-order valence-corrected chi connectivity index (χ2v) is 6.74. The molecule has 1 unspecified atom stereocenters. The number of aromatic amines is 1. The highest BCUT2D eigenvalue weighted by Gasteiger charge is 2.47. The molecule has 0 spiro atoms. The molecule has 1 aromatic rings. The first-order chi connectivity index (χ1) is 9.99. The van der Waals surface area contributed by atoms with E-state index in [0.29, 0.717) is 12.2 Å². The van der Waals surface area contributed by atoms with Crippen molar-refractivity contribution in [1.82, 2.24) is 4.98 Å². The van der Waals surface area contributed by atoms with Gasteiger partial charge in [0.05, 0.1) is 6.54 Å². The van der Waals surface area contributed by atoms with Gasteiger partial charge in [-0.2, -0.15) is 13.2 Å². The van der Waals surface area contributed by atoms with Gasteiger partial charge < -0.3 is 4.98 Å². The van der Waals surface area contributed by atoms with Crippen LogP contribution in [-0.2, 0) is 14.8 Å². The van der Waals surface area contributed by atoms with Crippen LogP contribution in [0, 0.1) is 0 Å². The zero-order chi connectivity index (χ0) is 16.8. The lowest BCUT2D eigenvalue weighted by Gasteiger charge is -2.29. The fraction of sp³-hybridized carbons (Fsp3) is 0.273. The summed E-state index contributed by atoms with van der Waals surface area (Å²) in [5.41, 5.74) is -2.52. The maximum absolute atomic E-state index is 12.6. The predicted octanol–water partition coefficient (Wildman–Crippen LogP) is 1.09. The van der Waals surface area contributed by atoms with Crippen LogP contribution in [0.4, 0.5) is 13.2 Å². The normalized spacial score (nSPS) is 22.5. The molecule has 0 fully saturated rings. The van der Waals surface area contributed by atoms with Gasteiger partial charge in [0.15, 0.2) is 4.75 Å². The van der Waals surface area contributed by atoms with E-state index in [2.05, 4.69) is 9.98 Å². The molecule has 1 atom stereocenters. The Morgan fingerprint density at radius 3 is 2.45 bits per heavy atom. The lowest BCUT2D eigenvalue weighted by atomic mass is 9.96. The van der Waals surface area contributed by atoms with Crippen molar-refractivity contribution < 1.29 is 21.6 Å². The first-order valence-corrected chi connectivity index (χ1v) is 7.62. The highest BCUT2D eigenvalue weighted by atomic mass is 35.5. The summed E-state index contributed by atoms with van der Waals surface area (Å²) in [7, 11) is -4.49. The Labute approximate surface area is 127 Å². The highest BCUT2D eigenvalue weighted by molar-refractivity contribution is 7.90. The zero-order valence-electron chi connectivity index (χ0n) is 10.7. The number of hydrogen-bond acceptors (Lipinski definition) is 4. The Kier molecular flexibility index (Phi) is 3.96. The number of nitrogens with zero attached hydrogens (tertiary/aromatic N) is 1. The maximum Gasteiger partial charge on any atom is 0.432 e. The molecule has 1 aliphatic heterocycles. The van der Waals surface area contributed by atoms with Crippen LogP contribution in [0.2, 0.25) is 5.02 Å². The van der Waals surface area contributed by atoms with Crippen LogP contribution in [0.15, 0.2) is 34.3 Å². The molecule has 1 aliphatic rings. The summed E-state index contributed by atoms with van der Waals surface area (Å²) in [6.45, 7) is -0.874. The number of aliphatic imine (C=N–C) groups is 1. The number of alkyl halides is 3. The molecule has 2 heterocycles. The Morgan fingerprint density at radius 2 is 2.00 bits per heavy atom. The quantitative estimate of drug-likeness (QED) is 0.829. The zero-order valence-corrected chi connectivity index (χ0v) is 12.3. The van der Waals surface area contributed by atoms with Gasteiger partial charge in [-0.3, -0.25) is 9.79 Å². The number of pyridine rings is 1. The molecule has 0 bridgehead atoms. The van der Waals surface area contributed by atoms with E-state index in [-0.39, 0.29) is 5.02 Å². The van der Waals surface area contributed by atoms with Crippen molar-refractivity contribution in [2.24, 2.45) is 10.1 Å². The molecule has 1 aromatic heterocycles. The molecule has 0 radical (unpaired) electrons. The van der Waals surface area contributed by atoms with Crippen LogP contribution in [0.1, 0.15) is 5.56 Å². The fourth-order valence-electron chi connectivity index (χ4n) is 1.99. The summed E-state index contributed by atoms with van der Waals surface area (Å²) in [4.78, 5) is 17.7. The highest BCUT2D eigenvalue weighted by Crippen LogP contribution is 2.33. The third-order valence-electron chi connectivity index (χ3n) is 3.15. The maximum atomic E-state index is 12.6. The number of nitrogens with one attached hydrogen (secondary N) is 1. The second kappa shape index (κ2) is 5.21. The molecule has 0 saturated heterocycles. The lowest BCUT2D eigenvalue weighted by Crippen LogP contribution is -2.47. The molecule has 3 N–H and O–H groups in total. The molecular weight excluding hydrogens is 347 g/mol. The van der Waals surface area contributed by atoms with Gasteiger partial charge in [-0.25, -0.2) is 13.6 Å². The summed E-state index contributed by atoms with van der Waals surface area (Å²) in [6, 6.07) is 0. The lowest BCUT2D eigenvalue weighted by molar-refractivity contribution is -0.0580. The van der Waals surface area contributed by atoms with Gasteiger partial charge in [-0.15, -0.1) is 0 Å². The van der Waals surface area contributed by atoms with Gasteiger partial charge in [0.25, 0.3) is 0 Å². The number of hydrogen-bond donors (Lipinski definition) is 2. The summed E-state index contributed by atoms with van der Waals surface area (Å²) < 4.78 is 59.4. The molecule has 11 heteroatoms. The number of allylic oxidation sites excluding steroid dienone is 1. The van der Waals surface area contributed by atoms with Gasteiger partial charge in [-0.1, -0.05) is 17.7 Å². The van der Waals surface area contributed by atoms with Crippen LogP contribution in [-0.4, -0.2) is 31.8 Å². The number of nitrogens with two attached hydrogens (primary N) is 1. The summed E-state index contributed by atoms with van der Waals surface area (Å²) in [5.74, 6) is 0. The minimum atomic E-state index is -4.73. The van der Waals surface area contributed by atoms with Crippen molar-refractivity contribution in [2.75, 3.05) is 6.54 Å². The molecule has 120 valence electrons. The molecule has 0 aromatic carbocycles. The molecule has 22 heavy (non-hydrogen) atoms. The van der Waals surface area contributed by atoms with Gasteiger partial charge in [0.1, 0.15) is 10.7 Å². The molecule has 2 rings (SSSR count). The molecule has 0 amide bonds. The van der Waals surface area contributed by atoms with E-state index < -0.39 is 44.2 Å². The minimum absolute atomic E-state index is 0.320. The Hall–Kier alpha value is -1.65. The van der Waals surface area contributed by atoms with Crippen LogP contribution in [0.5, 0.6) is 0 Å². The van der Waals surface area contributed by atoms with E-state index in [9.17, 15) is 26.4 Å². The standard InChI is InChI=1S/C11H9ClF3N3O3S/c12-7-4-17-3-6(9(7)19)10(22(16,20)21)2-1-8(18-5-10)11(13,14)15/h1-4H,5H2,(H,17,19)(H2,16,20,21). The molecule has 6 nitrogen and oxygen atoms in total. The number of sulfonamides is 1. The number of aromatic nitrogens is 1. The first kappa shape index (κ1) is 16.7. The number of dihydropyridines is 1. The van der Waals surface area contributed by atoms with Gasteiger partial charge in [0.2, 0.25) is 15.5 Å². The fourth-order valence-corrected chi connectivity index (χ4v) is 3.12. The second-order valence-electron chi connectivity index (χ2n) is 4.51. The third kappa shape index (κ3) is 2.69. The topological polar surface area (TPSA) is 105 Å². The van der Waals surface area contributed by atoms with E-state index in [1.54, 1.807) is 0 Å². The van der Waals surface area contributed by atoms with Crippen LogP contribution in [0.3, 0.4) is 0 Å². The van der Waals surface area contributed by atoms with E-state index in [1.165, 1.54) is 0 Å². The van der Waals surface area contributed by atoms with Crippen molar-refractivity contribution in [3.05, 3.63) is 45.4 Å². The Balaban J connectivity index is 2.66. The van der Waals surface area contributed by atoms with Crippen LogP contribution >= 0.6 is 11.6 Å². The van der Waals surface area contributed by atoms with E-state index in [0.717, 1.165) is 12.4 Å². The van der Waals surface area contributed by atoms with Crippen molar-refractivity contribution in [3.8, 4) is 0 Å². The molecular formula is C11H9ClF3N3O3S.